The standard InChI is InChI=1S/C16H18.2C15H17N.C12H16O.C10H12O2.C10H14.C8H8O.C4H10/c1-16(2,3)15-11-9-14(10-12-15)13-7-5-4-6-8-13;1-15(2,3)14-6-4-12(5-7-14)13-8-10-16-11-9-13;1-15(2,3)14-8-6-12(7-9-14)13-5-4-10-16-11-13;1-12(2,3)11-5-4-9-7-13-8-10(9)6-11;1-7(2)8-3-4-9-10(5-8)12-6-11-9;1-10(2,3)9-7-5-4-6-8-9;1-2-4-8-7(3-1)5-6-9-8;1-4(2)3/h4-12H,1-3H3;2*4-11H,1-3H3;4-6H,7-8H2,1-3H3;3-5,7H,6H2,1-2H3;4-8H,1-3H3;1-4H,5-6H2;4H,1-3H3. The molecule has 6 nitrogen and oxygen atoms in total. The van der Waals surface area contributed by atoms with Gasteiger partial charge in [0.2, 0.25) is 6.79 Å². The highest BCUT2D eigenvalue weighted by Crippen LogP contribution is 2.35. The van der Waals surface area contributed by atoms with E-state index in [0.717, 1.165) is 49.4 Å². The fraction of sp³-hybridized carbons (Fsp3) is 0.356. The number of ether oxygens (including phenoxy) is 4. The molecule has 96 heavy (non-hydrogen) atoms. The maximum Gasteiger partial charge on any atom is 0.231 e. The molecule has 0 amide bonds. The van der Waals surface area contributed by atoms with Gasteiger partial charge in [0.25, 0.3) is 0 Å². The molecule has 10 aromatic rings. The molecule has 13 rings (SSSR count). The zero-order valence-electron chi connectivity index (χ0n) is 61.8. The second kappa shape index (κ2) is 36.0. The van der Waals surface area contributed by atoms with E-state index in [1.54, 1.807) is 6.20 Å². The summed E-state index contributed by atoms with van der Waals surface area (Å²) in [5.74, 6) is 4.18. The number of benzene rings is 8. The Morgan fingerprint density at radius 3 is 1.20 bits per heavy atom. The lowest BCUT2D eigenvalue weighted by atomic mass is 9.85. The van der Waals surface area contributed by atoms with Crippen LogP contribution in [0.1, 0.15) is 194 Å². The van der Waals surface area contributed by atoms with Crippen LogP contribution in [0.4, 0.5) is 0 Å². The average molecular weight is 1290 g/mol. The summed E-state index contributed by atoms with van der Waals surface area (Å²) >= 11 is 0. The average Bonchev–Trinajstić information content (AvgIpc) is 1.52. The van der Waals surface area contributed by atoms with Crippen molar-refractivity contribution in [3.05, 3.63) is 293 Å². The fourth-order valence-corrected chi connectivity index (χ4v) is 10.2. The van der Waals surface area contributed by atoms with Gasteiger partial charge in [0, 0.05) is 31.2 Å². The summed E-state index contributed by atoms with van der Waals surface area (Å²) in [6.45, 7) is 47.1. The molecule has 0 aliphatic carbocycles. The number of fused-ring (bicyclic) bond motifs is 3. The molecule has 0 spiro atoms. The summed E-state index contributed by atoms with van der Waals surface area (Å²) in [5, 5.41) is 0. The molecule has 8 aromatic carbocycles. The molecular formula is C90H112N2O4. The molecule has 0 saturated carbocycles. The van der Waals surface area contributed by atoms with E-state index in [4.69, 9.17) is 18.9 Å². The number of hydrogen-bond acceptors (Lipinski definition) is 6. The van der Waals surface area contributed by atoms with Crippen LogP contribution in [-0.2, 0) is 51.4 Å². The van der Waals surface area contributed by atoms with Gasteiger partial charge in [-0.1, -0.05) is 320 Å². The summed E-state index contributed by atoms with van der Waals surface area (Å²) in [6.07, 6.45) is 8.43. The minimum Gasteiger partial charge on any atom is -0.493 e. The molecule has 0 N–H and O–H groups in total. The molecule has 2 aromatic heterocycles. The van der Waals surface area contributed by atoms with E-state index in [0.29, 0.717) is 18.1 Å². The second-order valence-corrected chi connectivity index (χ2v) is 30.9. The van der Waals surface area contributed by atoms with Gasteiger partial charge in [-0.25, -0.2) is 0 Å². The second-order valence-electron chi connectivity index (χ2n) is 30.9. The van der Waals surface area contributed by atoms with Crippen LogP contribution in [0.5, 0.6) is 17.2 Å². The summed E-state index contributed by atoms with van der Waals surface area (Å²) < 4.78 is 21.2. The van der Waals surface area contributed by atoms with Crippen LogP contribution in [-0.4, -0.2) is 23.4 Å². The predicted octanol–water partition coefficient (Wildman–Crippen LogP) is 24.6. The summed E-state index contributed by atoms with van der Waals surface area (Å²) in [7, 11) is 0. The Morgan fingerprint density at radius 2 is 0.729 bits per heavy atom. The quantitative estimate of drug-likeness (QED) is 0.175. The maximum atomic E-state index is 5.38. The number of pyridine rings is 2. The minimum atomic E-state index is 0.216. The molecule has 0 unspecified atom stereocenters. The summed E-state index contributed by atoms with van der Waals surface area (Å²) in [6, 6.07) is 76.5. The summed E-state index contributed by atoms with van der Waals surface area (Å²) in [4.78, 5) is 8.16. The van der Waals surface area contributed by atoms with Crippen molar-refractivity contribution in [2.24, 2.45) is 5.92 Å². The van der Waals surface area contributed by atoms with Crippen molar-refractivity contribution in [1.29, 1.82) is 0 Å². The first-order valence-corrected chi connectivity index (χ1v) is 34.4. The Morgan fingerprint density at radius 1 is 0.312 bits per heavy atom. The van der Waals surface area contributed by atoms with Gasteiger partial charge in [-0.3, -0.25) is 9.97 Å². The lowest BCUT2D eigenvalue weighted by Gasteiger charge is -2.19. The molecule has 0 fully saturated rings. The van der Waals surface area contributed by atoms with Gasteiger partial charge in [0.05, 0.1) is 19.8 Å². The van der Waals surface area contributed by atoms with Crippen molar-refractivity contribution < 1.29 is 18.9 Å². The molecule has 0 radical (unpaired) electrons. The van der Waals surface area contributed by atoms with Crippen molar-refractivity contribution in [3.63, 3.8) is 0 Å². The van der Waals surface area contributed by atoms with E-state index < -0.39 is 0 Å². The van der Waals surface area contributed by atoms with E-state index in [2.05, 4.69) is 312 Å². The van der Waals surface area contributed by atoms with Crippen LogP contribution >= 0.6 is 0 Å². The van der Waals surface area contributed by atoms with Crippen molar-refractivity contribution >= 4 is 0 Å². The fourth-order valence-electron chi connectivity index (χ4n) is 10.2. The number of nitrogens with zero attached hydrogens (tertiary/aromatic N) is 2. The monoisotopic (exact) mass is 1280 g/mol. The minimum absolute atomic E-state index is 0.216. The van der Waals surface area contributed by atoms with Gasteiger partial charge >= 0.3 is 0 Å². The highest BCUT2D eigenvalue weighted by Gasteiger charge is 2.20. The van der Waals surface area contributed by atoms with Crippen LogP contribution in [0.25, 0.3) is 33.4 Å². The zero-order valence-corrected chi connectivity index (χ0v) is 61.8. The number of para-hydroxylation sites is 1. The number of hydrogen-bond donors (Lipinski definition) is 0. The van der Waals surface area contributed by atoms with Crippen molar-refractivity contribution in [2.75, 3.05) is 13.4 Å². The molecule has 6 heteroatoms. The lowest BCUT2D eigenvalue weighted by molar-refractivity contribution is 0.134. The highest BCUT2D eigenvalue weighted by molar-refractivity contribution is 5.65. The smallest absolute Gasteiger partial charge is 0.231 e. The van der Waals surface area contributed by atoms with E-state index >= 15 is 0 Å². The van der Waals surface area contributed by atoms with Crippen LogP contribution in [0.3, 0.4) is 0 Å². The third kappa shape index (κ3) is 25.5. The molecule has 3 aliphatic rings. The van der Waals surface area contributed by atoms with Crippen LogP contribution in [0.15, 0.2) is 243 Å². The SMILES string of the molecule is CC(C)(C)c1ccc(-c2ccccc2)cc1.CC(C)(C)c1ccc(-c2cccnc2)cc1.CC(C)(C)c1ccc(-c2ccncc2)cc1.CC(C)(C)c1ccc2c(c1)COC2.CC(C)(C)c1ccccc1.CC(C)C.CC(C)c1ccc2c(c1)OCO2.c1ccc2c(c1)CCO2. The Labute approximate surface area is 580 Å². The van der Waals surface area contributed by atoms with Gasteiger partial charge in [-0.15, -0.1) is 0 Å². The van der Waals surface area contributed by atoms with E-state index in [1.807, 2.05) is 73.2 Å². The lowest BCUT2D eigenvalue weighted by Crippen LogP contribution is -2.11. The Hall–Kier alpha value is -8.58. The number of aromatic nitrogens is 2. The number of rotatable bonds is 4. The first kappa shape index (κ1) is 76.4. The zero-order chi connectivity index (χ0) is 70.1. The molecule has 5 heterocycles. The van der Waals surface area contributed by atoms with Crippen LogP contribution in [0.2, 0.25) is 0 Å². The molecule has 0 saturated heterocycles. The van der Waals surface area contributed by atoms with Crippen LogP contribution in [0, 0.1) is 5.92 Å². The molecule has 3 aliphatic heterocycles. The largest absolute Gasteiger partial charge is 0.493 e. The first-order valence-electron chi connectivity index (χ1n) is 34.4. The maximum absolute atomic E-state index is 5.38. The van der Waals surface area contributed by atoms with Crippen molar-refractivity contribution in [3.8, 4) is 50.6 Å². The topological polar surface area (TPSA) is 62.7 Å². The highest BCUT2D eigenvalue weighted by atomic mass is 16.7. The van der Waals surface area contributed by atoms with E-state index in [-0.39, 0.29) is 21.7 Å². The normalized spacial score (nSPS) is 12.6. The van der Waals surface area contributed by atoms with E-state index in [1.165, 1.54) is 83.5 Å². The van der Waals surface area contributed by atoms with Gasteiger partial charge in [-0.05, 0) is 159 Å². The Bertz CT molecular complexity index is 3580. The molecule has 0 bridgehead atoms. The van der Waals surface area contributed by atoms with Gasteiger partial charge in [0.1, 0.15) is 5.75 Å². The third-order valence-corrected chi connectivity index (χ3v) is 16.3. The Kier molecular flexibility index (Phi) is 28.6. The first-order chi connectivity index (χ1) is 45.4. The van der Waals surface area contributed by atoms with Gasteiger partial charge in [0.15, 0.2) is 11.5 Å². The van der Waals surface area contributed by atoms with Crippen molar-refractivity contribution in [1.82, 2.24) is 9.97 Å². The molecule has 506 valence electrons. The molecular weight excluding hydrogens is 1170 g/mol. The van der Waals surface area contributed by atoms with Crippen molar-refractivity contribution in [2.45, 2.75) is 191 Å². The predicted molar refractivity (Wildman–Crippen MR) is 409 cm³/mol. The molecule has 0 atom stereocenters. The van der Waals surface area contributed by atoms with Crippen LogP contribution < -0.4 is 14.2 Å². The third-order valence-electron chi connectivity index (χ3n) is 16.3. The van der Waals surface area contributed by atoms with Gasteiger partial charge in [-0.2, -0.15) is 0 Å². The summed E-state index contributed by atoms with van der Waals surface area (Å²) in [5.41, 5.74) is 20.9. The Balaban J connectivity index is 0.000000177. The van der Waals surface area contributed by atoms with E-state index in [9.17, 15) is 0 Å². The van der Waals surface area contributed by atoms with Gasteiger partial charge < -0.3 is 18.9 Å².